The number of hydrogen-bond donors (Lipinski definition) is 0. The molecule has 3 aromatic heterocycles. The zero-order valence-electron chi connectivity index (χ0n) is 16.5. The molecule has 6 heteroatoms. The van der Waals surface area contributed by atoms with Gasteiger partial charge in [0.25, 0.3) is 0 Å². The van der Waals surface area contributed by atoms with Gasteiger partial charge in [0.05, 0.1) is 22.4 Å². The van der Waals surface area contributed by atoms with Crippen molar-refractivity contribution >= 4 is 11.0 Å². The Morgan fingerprint density at radius 1 is 0.933 bits per heavy atom. The lowest BCUT2D eigenvalue weighted by atomic mass is 10.1. The second kappa shape index (κ2) is 7.55. The summed E-state index contributed by atoms with van der Waals surface area (Å²) in [5.74, 6) is 0.673. The SMILES string of the molecule is CCn1c(Cc2ccnn2-c2cccc(F)c2)nc2cc(-c3cccnc3)ccc21. The molecule has 0 saturated carbocycles. The third-order valence-electron chi connectivity index (χ3n) is 5.25. The first kappa shape index (κ1) is 18.2. The van der Waals surface area contributed by atoms with Gasteiger partial charge >= 0.3 is 0 Å². The van der Waals surface area contributed by atoms with Gasteiger partial charge in [-0.3, -0.25) is 4.98 Å². The van der Waals surface area contributed by atoms with E-state index in [1.807, 2.05) is 30.5 Å². The highest BCUT2D eigenvalue weighted by Gasteiger charge is 2.14. The molecule has 0 aliphatic heterocycles. The summed E-state index contributed by atoms with van der Waals surface area (Å²) >= 11 is 0. The number of nitrogens with zero attached hydrogens (tertiary/aromatic N) is 5. The van der Waals surface area contributed by atoms with E-state index in [1.54, 1.807) is 23.1 Å². The summed E-state index contributed by atoms with van der Waals surface area (Å²) in [6.07, 6.45) is 5.96. The fourth-order valence-corrected chi connectivity index (χ4v) is 3.85. The summed E-state index contributed by atoms with van der Waals surface area (Å²) in [7, 11) is 0. The van der Waals surface area contributed by atoms with Gasteiger partial charge in [-0.15, -0.1) is 0 Å². The molecular weight excluding hydrogens is 377 g/mol. The first-order valence-electron chi connectivity index (χ1n) is 9.91. The van der Waals surface area contributed by atoms with Crippen LogP contribution in [0.5, 0.6) is 0 Å². The number of aryl methyl sites for hydroxylation is 1. The van der Waals surface area contributed by atoms with Crippen LogP contribution in [0.2, 0.25) is 0 Å². The third kappa shape index (κ3) is 3.26. The van der Waals surface area contributed by atoms with Crippen LogP contribution in [-0.4, -0.2) is 24.3 Å². The first-order chi connectivity index (χ1) is 14.7. The van der Waals surface area contributed by atoms with E-state index in [9.17, 15) is 4.39 Å². The summed E-state index contributed by atoms with van der Waals surface area (Å²) in [5, 5.41) is 4.39. The monoisotopic (exact) mass is 397 g/mol. The lowest BCUT2D eigenvalue weighted by molar-refractivity contribution is 0.624. The summed E-state index contributed by atoms with van der Waals surface area (Å²) in [5.41, 5.74) is 5.86. The van der Waals surface area contributed by atoms with Crippen molar-refractivity contribution in [2.75, 3.05) is 0 Å². The molecule has 0 saturated heterocycles. The Morgan fingerprint density at radius 2 is 1.87 bits per heavy atom. The number of pyridine rings is 1. The van der Waals surface area contributed by atoms with Crippen molar-refractivity contribution in [3.8, 4) is 16.8 Å². The van der Waals surface area contributed by atoms with Gasteiger partial charge in [0.1, 0.15) is 11.6 Å². The van der Waals surface area contributed by atoms with Crippen LogP contribution in [0.3, 0.4) is 0 Å². The van der Waals surface area contributed by atoms with Gasteiger partial charge in [0.15, 0.2) is 0 Å². The van der Waals surface area contributed by atoms with Crippen LogP contribution < -0.4 is 0 Å². The minimum Gasteiger partial charge on any atom is -0.328 e. The lowest BCUT2D eigenvalue weighted by Crippen LogP contribution is -2.07. The predicted molar refractivity (Wildman–Crippen MR) is 115 cm³/mol. The number of rotatable bonds is 5. The van der Waals surface area contributed by atoms with E-state index in [0.717, 1.165) is 40.2 Å². The Bertz CT molecular complexity index is 1320. The Morgan fingerprint density at radius 3 is 2.67 bits per heavy atom. The minimum absolute atomic E-state index is 0.280. The molecule has 0 amide bonds. The van der Waals surface area contributed by atoms with Crippen LogP contribution in [0.25, 0.3) is 27.8 Å². The molecule has 0 spiro atoms. The predicted octanol–water partition coefficient (Wildman–Crippen LogP) is 5.03. The molecular formula is C24H20FN5. The highest BCUT2D eigenvalue weighted by Crippen LogP contribution is 2.26. The van der Waals surface area contributed by atoms with E-state index in [2.05, 4.69) is 39.8 Å². The molecule has 0 atom stereocenters. The molecule has 5 nitrogen and oxygen atoms in total. The average Bonchev–Trinajstić information content (AvgIpc) is 3.38. The zero-order chi connectivity index (χ0) is 20.5. The van der Waals surface area contributed by atoms with E-state index in [0.29, 0.717) is 12.1 Å². The van der Waals surface area contributed by atoms with Crippen molar-refractivity contribution in [1.29, 1.82) is 0 Å². The quantitative estimate of drug-likeness (QED) is 0.418. The Kier molecular flexibility index (Phi) is 4.59. The third-order valence-corrected chi connectivity index (χ3v) is 5.25. The van der Waals surface area contributed by atoms with Gasteiger partial charge in [-0.1, -0.05) is 18.2 Å². The Balaban J connectivity index is 1.55. The van der Waals surface area contributed by atoms with Crippen molar-refractivity contribution in [3.63, 3.8) is 0 Å². The first-order valence-corrected chi connectivity index (χ1v) is 9.91. The molecule has 30 heavy (non-hydrogen) atoms. The molecule has 0 radical (unpaired) electrons. The second-order valence-corrected chi connectivity index (χ2v) is 7.11. The van der Waals surface area contributed by atoms with Crippen LogP contribution in [0.4, 0.5) is 4.39 Å². The van der Waals surface area contributed by atoms with Crippen LogP contribution in [-0.2, 0) is 13.0 Å². The molecule has 3 heterocycles. The van der Waals surface area contributed by atoms with Crippen molar-refractivity contribution < 1.29 is 4.39 Å². The number of fused-ring (bicyclic) bond motifs is 1. The molecule has 0 aliphatic rings. The van der Waals surface area contributed by atoms with Crippen LogP contribution in [0.15, 0.2) is 79.3 Å². The Hall–Kier alpha value is -3.80. The summed E-state index contributed by atoms with van der Waals surface area (Å²) in [6, 6.07) is 18.7. The fraction of sp³-hybridized carbons (Fsp3) is 0.125. The maximum Gasteiger partial charge on any atom is 0.125 e. The largest absolute Gasteiger partial charge is 0.328 e. The van der Waals surface area contributed by atoms with Crippen LogP contribution in [0.1, 0.15) is 18.4 Å². The van der Waals surface area contributed by atoms with Crippen molar-refractivity contribution in [2.24, 2.45) is 0 Å². The molecule has 0 unspecified atom stereocenters. The van der Waals surface area contributed by atoms with Gasteiger partial charge in [-0.05, 0) is 55.0 Å². The minimum atomic E-state index is -0.280. The van der Waals surface area contributed by atoms with Gasteiger partial charge in [0.2, 0.25) is 0 Å². The van der Waals surface area contributed by atoms with Crippen molar-refractivity contribution in [1.82, 2.24) is 24.3 Å². The highest BCUT2D eigenvalue weighted by molar-refractivity contribution is 5.82. The lowest BCUT2D eigenvalue weighted by Gasteiger charge is -2.09. The molecule has 0 fully saturated rings. The molecule has 148 valence electrons. The zero-order valence-corrected chi connectivity index (χ0v) is 16.5. The van der Waals surface area contributed by atoms with E-state index < -0.39 is 0 Å². The van der Waals surface area contributed by atoms with Crippen molar-refractivity contribution in [3.05, 3.63) is 96.6 Å². The number of halogens is 1. The maximum absolute atomic E-state index is 13.7. The summed E-state index contributed by atoms with van der Waals surface area (Å²) in [6.45, 7) is 2.93. The number of hydrogen-bond acceptors (Lipinski definition) is 3. The topological polar surface area (TPSA) is 48.5 Å². The van der Waals surface area contributed by atoms with Gasteiger partial charge in [-0.25, -0.2) is 14.1 Å². The number of aromatic nitrogens is 5. The molecule has 2 aromatic carbocycles. The van der Waals surface area contributed by atoms with Crippen molar-refractivity contribution in [2.45, 2.75) is 19.9 Å². The van der Waals surface area contributed by atoms with Crippen LogP contribution >= 0.6 is 0 Å². The van der Waals surface area contributed by atoms with Crippen LogP contribution in [0, 0.1) is 5.82 Å². The van der Waals surface area contributed by atoms with E-state index in [-0.39, 0.29) is 5.82 Å². The number of benzene rings is 2. The smallest absolute Gasteiger partial charge is 0.125 e. The maximum atomic E-state index is 13.7. The van der Waals surface area contributed by atoms with E-state index in [1.165, 1.54) is 12.1 Å². The standard InChI is InChI=1S/C24H20FN5/c1-2-29-23-9-8-17(18-5-4-11-26-16-18)13-22(23)28-24(29)15-21-10-12-27-30(21)20-7-3-6-19(25)14-20/h3-14,16H,2,15H2,1H3. The normalized spacial score (nSPS) is 11.3. The Labute approximate surface area is 173 Å². The average molecular weight is 397 g/mol. The van der Waals surface area contributed by atoms with Gasteiger partial charge in [-0.2, -0.15) is 5.10 Å². The number of imidazole rings is 1. The molecule has 5 rings (SSSR count). The molecule has 0 aliphatic carbocycles. The second-order valence-electron chi connectivity index (χ2n) is 7.11. The molecule has 0 bridgehead atoms. The summed E-state index contributed by atoms with van der Waals surface area (Å²) < 4.78 is 17.7. The van der Waals surface area contributed by atoms with E-state index in [4.69, 9.17) is 4.98 Å². The van der Waals surface area contributed by atoms with Gasteiger partial charge < -0.3 is 4.57 Å². The summed E-state index contributed by atoms with van der Waals surface area (Å²) in [4.78, 5) is 9.14. The van der Waals surface area contributed by atoms with E-state index >= 15 is 0 Å². The van der Waals surface area contributed by atoms with Gasteiger partial charge in [0, 0.05) is 37.1 Å². The molecule has 5 aromatic rings. The fourth-order valence-electron chi connectivity index (χ4n) is 3.85. The highest BCUT2D eigenvalue weighted by atomic mass is 19.1. The molecule has 0 N–H and O–H groups in total.